The van der Waals surface area contributed by atoms with Gasteiger partial charge in [0.1, 0.15) is 0 Å². The first kappa shape index (κ1) is 13.9. The Balaban J connectivity index is 1.38. The molecule has 2 fully saturated rings. The maximum Gasteiger partial charge on any atom is 0.315 e. The van der Waals surface area contributed by atoms with Crippen molar-refractivity contribution in [3.8, 4) is 0 Å². The van der Waals surface area contributed by atoms with E-state index >= 15 is 0 Å². The molecule has 20 heavy (non-hydrogen) atoms. The molecular formula is C16H24N2OS. The van der Waals surface area contributed by atoms with Gasteiger partial charge in [-0.25, -0.2) is 4.79 Å². The van der Waals surface area contributed by atoms with Crippen molar-refractivity contribution in [3.05, 3.63) is 22.4 Å². The van der Waals surface area contributed by atoms with E-state index < -0.39 is 0 Å². The van der Waals surface area contributed by atoms with Gasteiger partial charge < -0.3 is 10.6 Å². The van der Waals surface area contributed by atoms with Crippen LogP contribution < -0.4 is 10.6 Å². The summed E-state index contributed by atoms with van der Waals surface area (Å²) in [5, 5.41) is 8.19. The molecular weight excluding hydrogens is 268 g/mol. The molecule has 0 spiro atoms. The number of hydrogen-bond acceptors (Lipinski definition) is 2. The molecule has 4 heteroatoms. The molecule has 2 N–H and O–H groups in total. The van der Waals surface area contributed by atoms with Crippen molar-refractivity contribution < 1.29 is 4.79 Å². The number of fused-ring (bicyclic) bond motifs is 2. The third-order valence-corrected chi connectivity index (χ3v) is 5.97. The average molecular weight is 292 g/mol. The second-order valence-electron chi connectivity index (χ2n) is 6.36. The lowest BCUT2D eigenvalue weighted by Crippen LogP contribution is -2.45. The monoisotopic (exact) mass is 292 g/mol. The Morgan fingerprint density at radius 1 is 1.45 bits per heavy atom. The van der Waals surface area contributed by atoms with Gasteiger partial charge in [-0.05, 0) is 61.8 Å². The van der Waals surface area contributed by atoms with E-state index in [1.165, 1.54) is 30.6 Å². The van der Waals surface area contributed by atoms with Crippen molar-refractivity contribution in [3.63, 3.8) is 0 Å². The molecule has 2 saturated carbocycles. The molecule has 1 aromatic heterocycles. The molecule has 1 aromatic rings. The van der Waals surface area contributed by atoms with Crippen molar-refractivity contribution in [2.24, 2.45) is 17.8 Å². The van der Waals surface area contributed by atoms with E-state index in [1.807, 2.05) is 0 Å². The lowest BCUT2D eigenvalue weighted by molar-refractivity contribution is 0.220. The lowest BCUT2D eigenvalue weighted by atomic mass is 9.84. The molecule has 4 atom stereocenters. The molecule has 2 aliphatic rings. The van der Waals surface area contributed by atoms with Gasteiger partial charge in [0.15, 0.2) is 0 Å². The van der Waals surface area contributed by atoms with E-state index in [0.29, 0.717) is 12.0 Å². The number of thiophene rings is 1. The average Bonchev–Trinajstić information content (AvgIpc) is 3.15. The van der Waals surface area contributed by atoms with Gasteiger partial charge in [-0.15, -0.1) is 11.3 Å². The Morgan fingerprint density at radius 2 is 2.35 bits per heavy atom. The van der Waals surface area contributed by atoms with Gasteiger partial charge in [-0.1, -0.05) is 12.5 Å². The zero-order valence-corrected chi connectivity index (χ0v) is 12.9. The molecule has 0 aromatic carbocycles. The Morgan fingerprint density at radius 3 is 3.00 bits per heavy atom. The molecule has 0 saturated heterocycles. The third-order valence-electron chi connectivity index (χ3n) is 5.03. The quantitative estimate of drug-likeness (QED) is 0.858. The van der Waals surface area contributed by atoms with Crippen molar-refractivity contribution in [2.45, 2.75) is 45.1 Å². The first-order chi connectivity index (χ1) is 9.72. The highest BCUT2D eigenvalue weighted by Gasteiger charge is 2.42. The molecule has 3 nitrogen and oxygen atoms in total. The van der Waals surface area contributed by atoms with Crippen LogP contribution in [-0.2, 0) is 6.42 Å². The predicted molar refractivity (Wildman–Crippen MR) is 83.0 cm³/mol. The molecule has 0 aliphatic heterocycles. The first-order valence-corrected chi connectivity index (χ1v) is 8.67. The van der Waals surface area contributed by atoms with Gasteiger partial charge in [-0.2, -0.15) is 0 Å². The number of carbonyl (C=O) groups is 1. The van der Waals surface area contributed by atoms with E-state index in [4.69, 9.17) is 0 Å². The van der Waals surface area contributed by atoms with Gasteiger partial charge in [0.2, 0.25) is 0 Å². The standard InChI is InChI=1S/C16H24N2OS/c1-11(15-10-12-4-5-13(15)9-12)18-16(19)17-7-6-14-3-2-8-20-14/h2-3,8,11-13,15H,4-7,9-10H2,1H3,(H2,17,18,19). The normalized spacial score (nSPS) is 29.4. The fourth-order valence-electron chi connectivity index (χ4n) is 4.03. The van der Waals surface area contributed by atoms with E-state index in [1.54, 1.807) is 11.3 Å². The van der Waals surface area contributed by atoms with Crippen LogP contribution in [0.4, 0.5) is 4.79 Å². The van der Waals surface area contributed by atoms with Gasteiger partial charge in [0.25, 0.3) is 0 Å². The minimum atomic E-state index is -0.00294. The molecule has 2 aliphatic carbocycles. The summed E-state index contributed by atoms with van der Waals surface area (Å²) in [7, 11) is 0. The SMILES string of the molecule is CC(NC(=O)NCCc1cccs1)C1CC2CCC1C2. The summed E-state index contributed by atoms with van der Waals surface area (Å²) in [5.74, 6) is 2.51. The predicted octanol–water partition coefficient (Wildman–Crippen LogP) is 3.41. The molecule has 0 radical (unpaired) electrons. The van der Waals surface area contributed by atoms with Crippen LogP contribution in [0.1, 0.15) is 37.5 Å². The van der Waals surface area contributed by atoms with Crippen molar-refractivity contribution in [1.29, 1.82) is 0 Å². The Labute approximate surface area is 125 Å². The van der Waals surface area contributed by atoms with Crippen molar-refractivity contribution in [1.82, 2.24) is 10.6 Å². The van der Waals surface area contributed by atoms with E-state index in [0.717, 1.165) is 24.8 Å². The number of urea groups is 1. The second kappa shape index (κ2) is 6.17. The highest BCUT2D eigenvalue weighted by Crippen LogP contribution is 2.49. The summed E-state index contributed by atoms with van der Waals surface area (Å²) in [6.45, 7) is 2.89. The minimum absolute atomic E-state index is 0.00294. The van der Waals surface area contributed by atoms with Gasteiger partial charge in [0, 0.05) is 17.5 Å². The van der Waals surface area contributed by atoms with Crippen LogP contribution in [-0.4, -0.2) is 18.6 Å². The van der Waals surface area contributed by atoms with Crippen LogP contribution in [0.3, 0.4) is 0 Å². The third kappa shape index (κ3) is 3.17. The summed E-state index contributed by atoms with van der Waals surface area (Å²) in [4.78, 5) is 13.3. The fourth-order valence-corrected chi connectivity index (χ4v) is 4.73. The van der Waals surface area contributed by atoms with Crippen molar-refractivity contribution >= 4 is 17.4 Å². The van der Waals surface area contributed by atoms with E-state index in [9.17, 15) is 4.79 Å². The van der Waals surface area contributed by atoms with Gasteiger partial charge in [-0.3, -0.25) is 0 Å². The van der Waals surface area contributed by atoms with Gasteiger partial charge >= 0.3 is 6.03 Å². The lowest BCUT2D eigenvalue weighted by Gasteiger charge is -2.28. The van der Waals surface area contributed by atoms with Crippen LogP contribution in [0, 0.1) is 17.8 Å². The van der Waals surface area contributed by atoms with Gasteiger partial charge in [0.05, 0.1) is 0 Å². The molecule has 2 bridgehead atoms. The van der Waals surface area contributed by atoms with Crippen LogP contribution in [0.25, 0.3) is 0 Å². The summed E-state index contributed by atoms with van der Waals surface area (Å²) in [5.41, 5.74) is 0. The Kier molecular flexibility index (Phi) is 4.29. The number of hydrogen-bond donors (Lipinski definition) is 2. The molecule has 2 amide bonds. The fraction of sp³-hybridized carbons (Fsp3) is 0.688. The first-order valence-electron chi connectivity index (χ1n) is 7.79. The topological polar surface area (TPSA) is 41.1 Å². The summed E-state index contributed by atoms with van der Waals surface area (Å²) in [6.07, 6.45) is 6.44. The summed E-state index contributed by atoms with van der Waals surface area (Å²) >= 11 is 1.75. The molecule has 4 unspecified atom stereocenters. The minimum Gasteiger partial charge on any atom is -0.338 e. The zero-order valence-electron chi connectivity index (χ0n) is 12.1. The number of amides is 2. The number of nitrogens with one attached hydrogen (secondary N) is 2. The summed E-state index contributed by atoms with van der Waals surface area (Å²) in [6, 6.07) is 4.48. The van der Waals surface area contributed by atoms with Crippen LogP contribution in [0.15, 0.2) is 17.5 Å². The molecule has 1 heterocycles. The largest absolute Gasteiger partial charge is 0.338 e. The molecule has 3 rings (SSSR count). The van der Waals surface area contributed by atoms with Crippen LogP contribution in [0.2, 0.25) is 0 Å². The van der Waals surface area contributed by atoms with E-state index in [2.05, 4.69) is 35.1 Å². The second-order valence-corrected chi connectivity index (χ2v) is 7.39. The number of carbonyl (C=O) groups excluding carboxylic acids is 1. The van der Waals surface area contributed by atoms with Crippen LogP contribution in [0.5, 0.6) is 0 Å². The van der Waals surface area contributed by atoms with Crippen LogP contribution >= 0.6 is 11.3 Å². The highest BCUT2D eigenvalue weighted by molar-refractivity contribution is 7.09. The Hall–Kier alpha value is -1.03. The highest BCUT2D eigenvalue weighted by atomic mass is 32.1. The van der Waals surface area contributed by atoms with Crippen molar-refractivity contribution in [2.75, 3.05) is 6.54 Å². The Bertz CT molecular complexity index is 445. The maximum atomic E-state index is 11.9. The smallest absolute Gasteiger partial charge is 0.315 e. The zero-order chi connectivity index (χ0) is 13.9. The van der Waals surface area contributed by atoms with E-state index in [-0.39, 0.29) is 6.03 Å². The molecule has 110 valence electrons. The number of rotatable bonds is 5. The summed E-state index contributed by atoms with van der Waals surface area (Å²) < 4.78 is 0. The maximum absolute atomic E-state index is 11.9.